The number of unbranched alkanes of at least 4 members (excludes halogenated alkanes) is 3. The van der Waals surface area contributed by atoms with Crippen LogP contribution in [0.4, 0.5) is 0 Å². The van der Waals surface area contributed by atoms with Crippen molar-refractivity contribution in [1.82, 2.24) is 0 Å². The van der Waals surface area contributed by atoms with E-state index in [-0.39, 0.29) is 11.6 Å². The highest BCUT2D eigenvalue weighted by Gasteiger charge is 2.35. The smallest absolute Gasteiger partial charge is 0.124 e. The van der Waals surface area contributed by atoms with Crippen LogP contribution in [-0.2, 0) is 0 Å². The summed E-state index contributed by atoms with van der Waals surface area (Å²) >= 11 is 0. The van der Waals surface area contributed by atoms with Gasteiger partial charge in [-0.3, -0.25) is 0 Å². The summed E-state index contributed by atoms with van der Waals surface area (Å²) < 4.78 is 6.25. The van der Waals surface area contributed by atoms with Gasteiger partial charge < -0.3 is 10.5 Å². The first-order valence-electron chi connectivity index (χ1n) is 7.59. The molecule has 0 bridgehead atoms. The van der Waals surface area contributed by atoms with Gasteiger partial charge in [0.05, 0.1) is 0 Å². The fourth-order valence-corrected chi connectivity index (χ4v) is 3.01. The summed E-state index contributed by atoms with van der Waals surface area (Å²) in [7, 11) is 0. The SMILES string of the molecule is CCCCCCC1(C)CC(N)c2cc(C)ccc2O1. The van der Waals surface area contributed by atoms with Crippen molar-refractivity contribution in [2.75, 3.05) is 0 Å². The number of ether oxygens (including phenoxy) is 1. The van der Waals surface area contributed by atoms with Crippen molar-refractivity contribution in [3.8, 4) is 5.75 Å². The Morgan fingerprint density at radius 1 is 1.32 bits per heavy atom. The van der Waals surface area contributed by atoms with Crippen molar-refractivity contribution in [2.24, 2.45) is 5.73 Å². The van der Waals surface area contributed by atoms with Crippen LogP contribution in [0.2, 0.25) is 0 Å². The lowest BCUT2D eigenvalue weighted by Gasteiger charge is -2.39. The second-order valence-electron chi connectivity index (χ2n) is 6.21. The van der Waals surface area contributed by atoms with Crippen LogP contribution in [0.1, 0.15) is 69.5 Å². The van der Waals surface area contributed by atoms with Crippen molar-refractivity contribution in [2.45, 2.75) is 70.9 Å². The van der Waals surface area contributed by atoms with Gasteiger partial charge in [0.2, 0.25) is 0 Å². The Balaban J connectivity index is 2.04. The maximum Gasteiger partial charge on any atom is 0.124 e. The van der Waals surface area contributed by atoms with Crippen LogP contribution in [0.15, 0.2) is 18.2 Å². The summed E-state index contributed by atoms with van der Waals surface area (Å²) in [5.74, 6) is 0.988. The van der Waals surface area contributed by atoms with E-state index < -0.39 is 0 Å². The molecule has 1 aliphatic rings. The minimum atomic E-state index is -0.0879. The molecule has 2 unspecified atom stereocenters. The molecule has 2 nitrogen and oxygen atoms in total. The Morgan fingerprint density at radius 2 is 2.11 bits per heavy atom. The lowest BCUT2D eigenvalue weighted by molar-refractivity contribution is 0.0430. The molecule has 0 fully saturated rings. The van der Waals surface area contributed by atoms with E-state index in [4.69, 9.17) is 10.5 Å². The minimum absolute atomic E-state index is 0.0879. The highest BCUT2D eigenvalue weighted by molar-refractivity contribution is 5.41. The highest BCUT2D eigenvalue weighted by Crippen LogP contribution is 2.40. The molecule has 106 valence electrons. The first-order chi connectivity index (χ1) is 9.04. The lowest BCUT2D eigenvalue weighted by atomic mass is 9.85. The molecule has 0 amide bonds. The van der Waals surface area contributed by atoms with Gasteiger partial charge in [0.1, 0.15) is 11.4 Å². The Labute approximate surface area is 117 Å². The lowest BCUT2D eigenvalue weighted by Crippen LogP contribution is -2.40. The number of benzene rings is 1. The molecule has 1 aromatic rings. The molecular formula is C17H27NO. The normalized spacial score (nSPS) is 25.8. The van der Waals surface area contributed by atoms with E-state index >= 15 is 0 Å². The summed E-state index contributed by atoms with van der Waals surface area (Å²) in [6.45, 7) is 6.56. The summed E-state index contributed by atoms with van der Waals surface area (Å²) in [4.78, 5) is 0. The van der Waals surface area contributed by atoms with Crippen molar-refractivity contribution in [3.63, 3.8) is 0 Å². The molecule has 0 spiro atoms. The summed E-state index contributed by atoms with van der Waals surface area (Å²) in [6, 6.07) is 6.46. The Bertz CT molecular complexity index is 429. The van der Waals surface area contributed by atoms with E-state index in [1.165, 1.54) is 36.8 Å². The number of hydrogen-bond donors (Lipinski definition) is 1. The fraction of sp³-hybridized carbons (Fsp3) is 0.647. The maximum atomic E-state index is 6.34. The molecule has 19 heavy (non-hydrogen) atoms. The van der Waals surface area contributed by atoms with E-state index in [1.807, 2.05) is 0 Å². The minimum Gasteiger partial charge on any atom is -0.487 e. The van der Waals surface area contributed by atoms with Crippen molar-refractivity contribution in [3.05, 3.63) is 29.3 Å². The maximum absolute atomic E-state index is 6.34. The molecule has 2 atom stereocenters. The van der Waals surface area contributed by atoms with E-state index in [1.54, 1.807) is 0 Å². The molecule has 2 heteroatoms. The van der Waals surface area contributed by atoms with Gasteiger partial charge in [-0.15, -0.1) is 0 Å². The van der Waals surface area contributed by atoms with Crippen LogP contribution in [0.25, 0.3) is 0 Å². The molecule has 1 aliphatic heterocycles. The first-order valence-corrected chi connectivity index (χ1v) is 7.59. The van der Waals surface area contributed by atoms with Crippen molar-refractivity contribution in [1.29, 1.82) is 0 Å². The molecule has 0 aromatic heterocycles. The third-order valence-corrected chi connectivity index (χ3v) is 4.13. The van der Waals surface area contributed by atoms with Gasteiger partial charge in [0.25, 0.3) is 0 Å². The molecule has 2 rings (SSSR count). The second-order valence-corrected chi connectivity index (χ2v) is 6.21. The van der Waals surface area contributed by atoms with E-state index in [0.29, 0.717) is 0 Å². The topological polar surface area (TPSA) is 35.2 Å². The van der Waals surface area contributed by atoms with Crippen LogP contribution in [-0.4, -0.2) is 5.60 Å². The van der Waals surface area contributed by atoms with Crippen LogP contribution >= 0.6 is 0 Å². The molecule has 0 radical (unpaired) electrons. The van der Waals surface area contributed by atoms with Gasteiger partial charge in [-0.25, -0.2) is 0 Å². The number of hydrogen-bond acceptors (Lipinski definition) is 2. The summed E-state index contributed by atoms with van der Waals surface area (Å²) in [6.07, 6.45) is 7.16. The molecule has 1 heterocycles. The van der Waals surface area contributed by atoms with Gasteiger partial charge >= 0.3 is 0 Å². The molecule has 0 aliphatic carbocycles. The van der Waals surface area contributed by atoms with Crippen LogP contribution in [0.5, 0.6) is 5.75 Å². The predicted molar refractivity (Wildman–Crippen MR) is 80.5 cm³/mol. The number of aryl methyl sites for hydroxylation is 1. The van der Waals surface area contributed by atoms with Gasteiger partial charge in [-0.05, 0) is 32.8 Å². The number of rotatable bonds is 5. The van der Waals surface area contributed by atoms with E-state index in [9.17, 15) is 0 Å². The third kappa shape index (κ3) is 3.50. The average Bonchev–Trinajstić information content (AvgIpc) is 2.36. The predicted octanol–water partition coefficient (Wildman–Crippen LogP) is 4.51. The quantitative estimate of drug-likeness (QED) is 0.792. The zero-order valence-electron chi connectivity index (χ0n) is 12.5. The monoisotopic (exact) mass is 261 g/mol. The van der Waals surface area contributed by atoms with Crippen LogP contribution < -0.4 is 10.5 Å². The number of fused-ring (bicyclic) bond motifs is 1. The Morgan fingerprint density at radius 3 is 2.84 bits per heavy atom. The summed E-state index contributed by atoms with van der Waals surface area (Å²) in [5.41, 5.74) is 8.68. The Kier molecular flexibility index (Phi) is 4.51. The van der Waals surface area contributed by atoms with Gasteiger partial charge in [0, 0.05) is 18.0 Å². The highest BCUT2D eigenvalue weighted by atomic mass is 16.5. The fourth-order valence-electron chi connectivity index (χ4n) is 3.01. The molecule has 0 saturated heterocycles. The van der Waals surface area contributed by atoms with Gasteiger partial charge in [-0.2, -0.15) is 0 Å². The van der Waals surface area contributed by atoms with E-state index in [2.05, 4.69) is 39.0 Å². The largest absolute Gasteiger partial charge is 0.487 e. The number of nitrogens with two attached hydrogens (primary N) is 1. The molecular weight excluding hydrogens is 234 g/mol. The molecule has 0 saturated carbocycles. The molecule has 2 N–H and O–H groups in total. The second kappa shape index (κ2) is 5.96. The standard InChI is InChI=1S/C17H27NO/c1-4-5-6-7-10-17(3)12-15(18)14-11-13(2)8-9-16(14)19-17/h8-9,11,15H,4-7,10,12,18H2,1-3H3. The van der Waals surface area contributed by atoms with Crippen molar-refractivity contribution >= 4 is 0 Å². The van der Waals surface area contributed by atoms with Crippen LogP contribution in [0, 0.1) is 6.92 Å². The zero-order chi connectivity index (χ0) is 13.9. The molecule has 1 aromatic carbocycles. The zero-order valence-corrected chi connectivity index (χ0v) is 12.5. The van der Waals surface area contributed by atoms with E-state index in [0.717, 1.165) is 18.6 Å². The third-order valence-electron chi connectivity index (χ3n) is 4.13. The average molecular weight is 261 g/mol. The van der Waals surface area contributed by atoms with Gasteiger partial charge in [0.15, 0.2) is 0 Å². The van der Waals surface area contributed by atoms with Crippen molar-refractivity contribution < 1.29 is 4.74 Å². The Hall–Kier alpha value is -1.02. The van der Waals surface area contributed by atoms with Gasteiger partial charge in [-0.1, -0.05) is 43.9 Å². The van der Waals surface area contributed by atoms with Crippen LogP contribution in [0.3, 0.4) is 0 Å². The summed E-state index contributed by atoms with van der Waals surface area (Å²) in [5, 5.41) is 0. The first kappa shape index (κ1) is 14.4.